The summed E-state index contributed by atoms with van der Waals surface area (Å²) in [5.41, 5.74) is 1.78. The van der Waals surface area contributed by atoms with Crippen molar-refractivity contribution in [3.8, 4) is 17.0 Å². The number of aryl methyl sites for hydroxylation is 1. The molecule has 9 nitrogen and oxygen atoms in total. The van der Waals surface area contributed by atoms with Crippen LogP contribution in [0.4, 0.5) is 4.79 Å². The minimum Gasteiger partial charge on any atom is -0.497 e. The molecule has 1 saturated heterocycles. The number of aliphatic hydroxyl groups excluding tert-OH is 1. The topological polar surface area (TPSA) is 111 Å². The fraction of sp³-hybridized carbons (Fsp3) is 0.571. The summed E-state index contributed by atoms with van der Waals surface area (Å²) in [6.07, 6.45) is 3.83. The van der Waals surface area contributed by atoms with Crippen LogP contribution in [0.2, 0.25) is 0 Å². The number of hydrogen-bond acceptors (Lipinski definition) is 6. The van der Waals surface area contributed by atoms with Crippen molar-refractivity contribution in [2.45, 2.75) is 63.9 Å². The molecule has 0 spiro atoms. The molecule has 0 saturated carbocycles. The van der Waals surface area contributed by atoms with Crippen LogP contribution in [0.1, 0.15) is 33.1 Å². The average Bonchev–Trinajstić information content (AvgIpc) is 3.21. The summed E-state index contributed by atoms with van der Waals surface area (Å²) in [4.78, 5) is 11.9. The number of hydrogen-bond donors (Lipinski definition) is 3. The zero-order valence-corrected chi connectivity index (χ0v) is 17.7. The predicted molar refractivity (Wildman–Crippen MR) is 112 cm³/mol. The van der Waals surface area contributed by atoms with E-state index in [0.29, 0.717) is 6.54 Å². The van der Waals surface area contributed by atoms with E-state index in [1.807, 2.05) is 44.3 Å². The van der Waals surface area contributed by atoms with Crippen molar-refractivity contribution < 1.29 is 19.4 Å². The molecule has 30 heavy (non-hydrogen) atoms. The van der Waals surface area contributed by atoms with E-state index in [1.165, 1.54) is 0 Å². The molecule has 0 unspecified atom stereocenters. The van der Waals surface area contributed by atoms with Crippen LogP contribution in [-0.2, 0) is 11.3 Å². The van der Waals surface area contributed by atoms with Crippen molar-refractivity contribution in [2.75, 3.05) is 13.7 Å². The molecule has 1 aliphatic heterocycles. The summed E-state index contributed by atoms with van der Waals surface area (Å²) >= 11 is 0. The molecule has 1 aromatic heterocycles. The van der Waals surface area contributed by atoms with Gasteiger partial charge in [0.1, 0.15) is 17.5 Å². The second-order valence-corrected chi connectivity index (χ2v) is 7.82. The lowest BCUT2D eigenvalue weighted by atomic mass is 9.97. The van der Waals surface area contributed by atoms with E-state index in [2.05, 4.69) is 20.9 Å². The maximum absolute atomic E-state index is 11.9. The number of rotatable bonds is 8. The molecular formula is C21H31N5O4. The molecule has 0 radical (unpaired) electrons. The van der Waals surface area contributed by atoms with Crippen molar-refractivity contribution in [1.82, 2.24) is 25.6 Å². The van der Waals surface area contributed by atoms with Crippen molar-refractivity contribution in [2.24, 2.45) is 0 Å². The van der Waals surface area contributed by atoms with Crippen molar-refractivity contribution in [3.63, 3.8) is 0 Å². The van der Waals surface area contributed by atoms with Crippen molar-refractivity contribution in [1.29, 1.82) is 0 Å². The number of aliphatic hydroxyl groups is 1. The van der Waals surface area contributed by atoms with E-state index >= 15 is 0 Å². The van der Waals surface area contributed by atoms with E-state index in [4.69, 9.17) is 9.47 Å². The number of nitrogens with zero attached hydrogens (tertiary/aromatic N) is 3. The third kappa shape index (κ3) is 5.93. The minimum atomic E-state index is -0.410. The maximum atomic E-state index is 11.9. The summed E-state index contributed by atoms with van der Waals surface area (Å²) in [5, 5.41) is 23.8. The number of amides is 2. The second-order valence-electron chi connectivity index (χ2n) is 7.82. The molecule has 2 aromatic rings. The Morgan fingerprint density at radius 2 is 2.10 bits per heavy atom. The molecular weight excluding hydrogens is 386 g/mol. The minimum absolute atomic E-state index is 0.00185. The standard InChI is InChI=1S/C21H31N5O4/c1-14(2)22-21(28)23-18-9-8-17(30-20(18)13-27)10-11-26-12-19(24-25-26)15-4-6-16(29-3)7-5-15/h4-7,12,14,17-18,20,27H,8-11,13H2,1-3H3,(H2,22,23,28)/t17-,18+,20-/m0/s1. The summed E-state index contributed by atoms with van der Waals surface area (Å²) in [7, 11) is 1.64. The Balaban J connectivity index is 1.49. The van der Waals surface area contributed by atoms with Gasteiger partial charge in [-0.3, -0.25) is 4.68 Å². The first kappa shape index (κ1) is 22.0. The number of urea groups is 1. The fourth-order valence-corrected chi connectivity index (χ4v) is 3.56. The SMILES string of the molecule is COc1ccc(-c2cn(CC[C@@H]3CC[C@@H](NC(=O)NC(C)C)[C@H](CO)O3)nn2)cc1. The Morgan fingerprint density at radius 3 is 2.77 bits per heavy atom. The Morgan fingerprint density at radius 1 is 1.33 bits per heavy atom. The molecule has 0 aliphatic carbocycles. The van der Waals surface area contributed by atoms with Gasteiger partial charge in [0, 0.05) is 18.2 Å². The smallest absolute Gasteiger partial charge is 0.315 e. The van der Waals surface area contributed by atoms with Gasteiger partial charge >= 0.3 is 6.03 Å². The highest BCUT2D eigenvalue weighted by Crippen LogP contribution is 2.23. The quantitative estimate of drug-likeness (QED) is 0.606. The third-order valence-electron chi connectivity index (χ3n) is 5.14. The highest BCUT2D eigenvalue weighted by Gasteiger charge is 2.31. The van der Waals surface area contributed by atoms with Gasteiger partial charge < -0.3 is 25.2 Å². The van der Waals surface area contributed by atoms with Gasteiger partial charge in [0.15, 0.2) is 0 Å². The van der Waals surface area contributed by atoms with Crippen LogP contribution < -0.4 is 15.4 Å². The van der Waals surface area contributed by atoms with Gasteiger partial charge in [-0.05, 0) is 57.4 Å². The molecule has 3 N–H and O–H groups in total. The van der Waals surface area contributed by atoms with Crippen LogP contribution >= 0.6 is 0 Å². The Hall–Kier alpha value is -2.65. The van der Waals surface area contributed by atoms with Crippen LogP contribution in [0.3, 0.4) is 0 Å². The first-order chi connectivity index (χ1) is 14.5. The van der Waals surface area contributed by atoms with Crippen LogP contribution in [0, 0.1) is 0 Å². The molecule has 3 rings (SSSR count). The summed E-state index contributed by atoms with van der Waals surface area (Å²) < 4.78 is 13.0. The number of carbonyl (C=O) groups is 1. The molecule has 3 atom stereocenters. The molecule has 1 aromatic carbocycles. The van der Waals surface area contributed by atoms with Gasteiger partial charge in [0.25, 0.3) is 0 Å². The fourth-order valence-electron chi connectivity index (χ4n) is 3.56. The van der Waals surface area contributed by atoms with Crippen molar-refractivity contribution >= 4 is 6.03 Å². The van der Waals surface area contributed by atoms with E-state index in [9.17, 15) is 9.90 Å². The lowest BCUT2D eigenvalue weighted by molar-refractivity contribution is -0.0908. The zero-order valence-electron chi connectivity index (χ0n) is 17.7. The highest BCUT2D eigenvalue weighted by atomic mass is 16.5. The van der Waals surface area contributed by atoms with E-state index < -0.39 is 6.10 Å². The monoisotopic (exact) mass is 417 g/mol. The van der Waals surface area contributed by atoms with E-state index in [0.717, 1.165) is 36.3 Å². The Bertz CT molecular complexity index is 808. The highest BCUT2D eigenvalue weighted by molar-refractivity contribution is 5.74. The van der Waals surface area contributed by atoms with Gasteiger partial charge in [-0.15, -0.1) is 5.10 Å². The summed E-state index contributed by atoms with van der Waals surface area (Å²) in [6, 6.07) is 7.32. The lowest BCUT2D eigenvalue weighted by Crippen LogP contribution is -2.54. The molecule has 2 heterocycles. The zero-order chi connectivity index (χ0) is 21.5. The van der Waals surface area contributed by atoms with Crippen LogP contribution in [0.25, 0.3) is 11.3 Å². The molecule has 0 bridgehead atoms. The molecule has 9 heteroatoms. The predicted octanol–water partition coefficient (Wildman–Crippen LogP) is 1.96. The van der Waals surface area contributed by atoms with E-state index in [1.54, 1.807) is 11.8 Å². The van der Waals surface area contributed by atoms with Crippen LogP contribution in [0.5, 0.6) is 5.75 Å². The first-order valence-electron chi connectivity index (χ1n) is 10.4. The summed E-state index contributed by atoms with van der Waals surface area (Å²) in [6.45, 7) is 4.34. The van der Waals surface area contributed by atoms with Crippen LogP contribution in [-0.4, -0.2) is 64.1 Å². The second kappa shape index (κ2) is 10.4. The first-order valence-corrected chi connectivity index (χ1v) is 10.4. The maximum Gasteiger partial charge on any atom is 0.315 e. The van der Waals surface area contributed by atoms with Gasteiger partial charge in [-0.2, -0.15) is 0 Å². The molecule has 164 valence electrons. The third-order valence-corrected chi connectivity index (χ3v) is 5.14. The average molecular weight is 418 g/mol. The molecule has 1 aliphatic rings. The van der Waals surface area contributed by atoms with Gasteiger partial charge in [-0.25, -0.2) is 4.79 Å². The number of aromatic nitrogens is 3. The number of benzene rings is 1. The van der Waals surface area contributed by atoms with Crippen LogP contribution in [0.15, 0.2) is 30.5 Å². The largest absolute Gasteiger partial charge is 0.497 e. The van der Waals surface area contributed by atoms with E-state index in [-0.39, 0.29) is 30.8 Å². The molecule has 2 amide bonds. The Labute approximate surface area is 176 Å². The molecule has 1 fully saturated rings. The number of methoxy groups -OCH3 is 1. The lowest BCUT2D eigenvalue weighted by Gasteiger charge is -2.36. The number of nitrogens with one attached hydrogen (secondary N) is 2. The summed E-state index contributed by atoms with van der Waals surface area (Å²) in [5.74, 6) is 0.800. The van der Waals surface area contributed by atoms with Crippen molar-refractivity contribution in [3.05, 3.63) is 30.5 Å². The number of ether oxygens (including phenoxy) is 2. The van der Waals surface area contributed by atoms with Gasteiger partial charge in [-0.1, -0.05) is 5.21 Å². The van der Waals surface area contributed by atoms with Gasteiger partial charge in [0.05, 0.1) is 32.1 Å². The number of carbonyl (C=O) groups excluding carboxylic acids is 1. The normalized spacial score (nSPS) is 21.4. The van der Waals surface area contributed by atoms with Gasteiger partial charge in [0.2, 0.25) is 0 Å². The Kier molecular flexibility index (Phi) is 7.64.